The molecule has 0 spiro atoms. The smallest absolute Gasteiger partial charge is 0.329 e. The van der Waals surface area contributed by atoms with Crippen LogP contribution in [0.3, 0.4) is 0 Å². The van der Waals surface area contributed by atoms with Gasteiger partial charge in [0, 0.05) is 7.05 Å². The quantitative estimate of drug-likeness (QED) is 0.463. The van der Waals surface area contributed by atoms with Crippen molar-refractivity contribution < 1.29 is 20.1 Å². The Morgan fingerprint density at radius 3 is 2.71 bits per heavy atom. The minimum absolute atomic E-state index is 0.00911. The molecule has 1 fully saturated rings. The number of H-pyrrole nitrogens is 1. The van der Waals surface area contributed by atoms with Gasteiger partial charge in [-0.3, -0.25) is 18.9 Å². The molecule has 3 rings (SSSR count). The molecule has 0 unspecified atom stereocenters. The number of aliphatic hydroxyl groups excluding tert-OH is 3. The second-order valence-electron chi connectivity index (χ2n) is 4.87. The van der Waals surface area contributed by atoms with Crippen molar-refractivity contribution in [3.8, 4) is 0 Å². The van der Waals surface area contributed by atoms with E-state index in [4.69, 9.17) is 9.84 Å². The number of hydrogen-bond acceptors (Lipinski definition) is 7. The summed E-state index contributed by atoms with van der Waals surface area (Å²) >= 11 is 0. The lowest BCUT2D eigenvalue weighted by Gasteiger charge is -2.17. The Balaban J connectivity index is 2.19. The fourth-order valence-electron chi connectivity index (χ4n) is 2.48. The molecule has 2 aromatic heterocycles. The number of aryl methyl sites for hydroxylation is 1. The zero-order valence-electron chi connectivity index (χ0n) is 11.0. The minimum atomic E-state index is -1.33. The largest absolute Gasteiger partial charge is 0.394 e. The second kappa shape index (κ2) is 4.77. The highest BCUT2D eigenvalue weighted by atomic mass is 16.6. The van der Waals surface area contributed by atoms with Gasteiger partial charge in [0.2, 0.25) is 0 Å². The normalized spacial score (nSPS) is 29.3. The highest BCUT2D eigenvalue weighted by Crippen LogP contribution is 2.30. The predicted octanol–water partition coefficient (Wildman–Crippen LogP) is -2.97. The maximum atomic E-state index is 11.7. The van der Waals surface area contributed by atoms with Gasteiger partial charge in [0.15, 0.2) is 17.4 Å². The van der Waals surface area contributed by atoms with E-state index in [2.05, 4.69) is 9.97 Å². The highest BCUT2D eigenvalue weighted by molar-refractivity contribution is 5.69. The summed E-state index contributed by atoms with van der Waals surface area (Å²) in [7, 11) is 1.43. The molecule has 1 saturated heterocycles. The van der Waals surface area contributed by atoms with Crippen molar-refractivity contribution in [2.24, 2.45) is 7.05 Å². The lowest BCUT2D eigenvalue weighted by molar-refractivity contribution is -0.0513. The molecule has 1 aliphatic rings. The maximum Gasteiger partial charge on any atom is 0.329 e. The van der Waals surface area contributed by atoms with E-state index in [1.165, 1.54) is 17.9 Å². The third-order valence-electron chi connectivity index (χ3n) is 3.62. The number of nitrogens with zero attached hydrogens (tertiary/aromatic N) is 3. The summed E-state index contributed by atoms with van der Waals surface area (Å²) < 4.78 is 7.81. The Morgan fingerprint density at radius 2 is 2.10 bits per heavy atom. The van der Waals surface area contributed by atoms with Crippen molar-refractivity contribution in [3.63, 3.8) is 0 Å². The van der Waals surface area contributed by atoms with E-state index in [-0.39, 0.29) is 11.2 Å². The van der Waals surface area contributed by atoms with Crippen LogP contribution in [0.1, 0.15) is 6.23 Å². The molecule has 1 aliphatic heterocycles. The summed E-state index contributed by atoms with van der Waals surface area (Å²) in [6, 6.07) is 0. The van der Waals surface area contributed by atoms with Gasteiger partial charge in [0.05, 0.1) is 12.9 Å². The van der Waals surface area contributed by atoms with Gasteiger partial charge in [0.25, 0.3) is 5.56 Å². The fourth-order valence-corrected chi connectivity index (χ4v) is 2.48. The molecule has 0 aromatic carbocycles. The molecule has 0 bridgehead atoms. The number of fused-ring (bicyclic) bond motifs is 1. The summed E-state index contributed by atoms with van der Waals surface area (Å²) in [6.07, 6.45) is -3.39. The van der Waals surface area contributed by atoms with E-state index < -0.39 is 42.4 Å². The SMILES string of the molecule is Cn1c(=O)[nH]c(=O)c2ncn([C@@H]3O[C@H](CO)[C@@H](O)[C@H]3O)c21. The molecular weight excluding hydrogens is 284 g/mol. The third kappa shape index (κ3) is 1.92. The van der Waals surface area contributed by atoms with Gasteiger partial charge < -0.3 is 20.1 Å². The molecule has 3 heterocycles. The van der Waals surface area contributed by atoms with E-state index in [9.17, 15) is 19.8 Å². The summed E-state index contributed by atoms with van der Waals surface area (Å²) in [5, 5.41) is 28.9. The van der Waals surface area contributed by atoms with Crippen LogP contribution in [0.5, 0.6) is 0 Å². The number of ether oxygens (including phenoxy) is 1. The predicted molar refractivity (Wildman–Crippen MR) is 68.6 cm³/mol. The lowest BCUT2D eigenvalue weighted by Crippen LogP contribution is -2.34. The number of aliphatic hydroxyl groups is 3. The molecule has 114 valence electrons. The van der Waals surface area contributed by atoms with Crippen molar-refractivity contribution in [2.45, 2.75) is 24.5 Å². The molecule has 2 aromatic rings. The van der Waals surface area contributed by atoms with Crippen LogP contribution in [0.2, 0.25) is 0 Å². The molecule has 4 atom stereocenters. The molecule has 0 amide bonds. The van der Waals surface area contributed by atoms with Crippen molar-refractivity contribution in [1.29, 1.82) is 0 Å². The van der Waals surface area contributed by atoms with Crippen LogP contribution in [0, 0.1) is 0 Å². The van der Waals surface area contributed by atoms with Crippen LogP contribution in [0.25, 0.3) is 11.2 Å². The summed E-state index contributed by atoms with van der Waals surface area (Å²) in [5.41, 5.74) is -1.13. The summed E-state index contributed by atoms with van der Waals surface area (Å²) in [6.45, 7) is -0.471. The van der Waals surface area contributed by atoms with Crippen molar-refractivity contribution in [3.05, 3.63) is 27.2 Å². The number of hydrogen-bond donors (Lipinski definition) is 4. The number of aromatic nitrogens is 4. The first-order valence-electron chi connectivity index (χ1n) is 6.24. The zero-order chi connectivity index (χ0) is 15.3. The Labute approximate surface area is 116 Å². The Hall–Kier alpha value is -2.01. The van der Waals surface area contributed by atoms with Gasteiger partial charge in [-0.25, -0.2) is 9.78 Å². The van der Waals surface area contributed by atoms with Crippen molar-refractivity contribution in [2.75, 3.05) is 6.61 Å². The number of nitrogens with one attached hydrogen (secondary N) is 1. The van der Waals surface area contributed by atoms with Gasteiger partial charge in [-0.05, 0) is 0 Å². The molecular formula is C11H14N4O6. The van der Waals surface area contributed by atoms with Gasteiger partial charge in [-0.15, -0.1) is 0 Å². The third-order valence-corrected chi connectivity index (χ3v) is 3.62. The topological polar surface area (TPSA) is 143 Å². The van der Waals surface area contributed by atoms with Gasteiger partial charge in [-0.2, -0.15) is 0 Å². The highest BCUT2D eigenvalue weighted by Gasteiger charge is 2.44. The minimum Gasteiger partial charge on any atom is -0.394 e. The number of rotatable bonds is 2. The number of aromatic amines is 1. The zero-order valence-corrected chi connectivity index (χ0v) is 11.0. The van der Waals surface area contributed by atoms with E-state index >= 15 is 0 Å². The van der Waals surface area contributed by atoms with E-state index in [0.717, 1.165) is 4.57 Å². The summed E-state index contributed by atoms with van der Waals surface area (Å²) in [5.74, 6) is 0. The fraction of sp³-hybridized carbons (Fsp3) is 0.545. The molecule has 0 radical (unpaired) electrons. The average Bonchev–Trinajstić information content (AvgIpc) is 3.00. The standard InChI is InChI=1S/C11H14N4O6/c1-14-9-5(8(19)13-11(14)20)12-3-15(9)10-7(18)6(17)4(2-16)21-10/h3-4,6-7,10,16-18H,2H2,1H3,(H,13,19,20)/t4-,6-,7-,10-/m1/s1. The summed E-state index contributed by atoms with van der Waals surface area (Å²) in [4.78, 5) is 29.4. The Kier molecular flexibility index (Phi) is 3.17. The monoisotopic (exact) mass is 298 g/mol. The first kappa shape index (κ1) is 13.9. The van der Waals surface area contributed by atoms with Crippen LogP contribution in [-0.2, 0) is 11.8 Å². The van der Waals surface area contributed by atoms with Gasteiger partial charge in [0.1, 0.15) is 18.3 Å². The van der Waals surface area contributed by atoms with Crippen LogP contribution in [-0.4, -0.2) is 59.3 Å². The van der Waals surface area contributed by atoms with Crippen LogP contribution < -0.4 is 11.2 Å². The van der Waals surface area contributed by atoms with Gasteiger partial charge in [-0.1, -0.05) is 0 Å². The van der Waals surface area contributed by atoms with E-state index in [0.29, 0.717) is 0 Å². The molecule has 0 saturated carbocycles. The molecule has 21 heavy (non-hydrogen) atoms. The molecule has 0 aliphatic carbocycles. The first-order chi connectivity index (χ1) is 9.95. The Morgan fingerprint density at radius 1 is 1.38 bits per heavy atom. The molecule has 10 heteroatoms. The van der Waals surface area contributed by atoms with Crippen LogP contribution >= 0.6 is 0 Å². The second-order valence-corrected chi connectivity index (χ2v) is 4.87. The average molecular weight is 298 g/mol. The number of imidazole rings is 1. The van der Waals surface area contributed by atoms with Crippen molar-refractivity contribution in [1.82, 2.24) is 19.1 Å². The van der Waals surface area contributed by atoms with Crippen LogP contribution in [0.15, 0.2) is 15.9 Å². The molecule has 4 N–H and O–H groups in total. The lowest BCUT2D eigenvalue weighted by atomic mass is 10.1. The van der Waals surface area contributed by atoms with Crippen molar-refractivity contribution >= 4 is 11.2 Å². The van der Waals surface area contributed by atoms with E-state index in [1.807, 2.05) is 0 Å². The van der Waals surface area contributed by atoms with E-state index in [1.54, 1.807) is 0 Å². The molecule has 10 nitrogen and oxygen atoms in total. The van der Waals surface area contributed by atoms with Gasteiger partial charge >= 0.3 is 5.69 Å². The van der Waals surface area contributed by atoms with Crippen LogP contribution in [0.4, 0.5) is 0 Å². The Bertz CT molecular complexity index is 792. The maximum absolute atomic E-state index is 11.7. The first-order valence-corrected chi connectivity index (χ1v) is 6.24.